The zero-order valence-corrected chi connectivity index (χ0v) is 18.2. The Morgan fingerprint density at radius 1 is 1.33 bits per heavy atom. The molecule has 1 aliphatic heterocycles. The Hall–Kier alpha value is -3.46. The number of nitrogens with one attached hydrogen (secondary N) is 1. The fraction of sp³-hybridized carbons (Fsp3) is 0.292. The number of carbonyl (C=O) groups is 1. The van der Waals surface area contributed by atoms with Crippen LogP contribution < -0.4 is 10.2 Å². The van der Waals surface area contributed by atoms with Gasteiger partial charge in [-0.3, -0.25) is 4.79 Å². The summed E-state index contributed by atoms with van der Waals surface area (Å²) in [6, 6.07) is 7.03. The third kappa shape index (κ3) is 5.67. The maximum absolute atomic E-state index is 13.3. The van der Waals surface area contributed by atoms with E-state index in [1.807, 2.05) is 11.0 Å². The van der Waals surface area contributed by atoms with E-state index in [9.17, 15) is 18.0 Å². The van der Waals surface area contributed by atoms with Crippen LogP contribution >= 0.6 is 0 Å². The summed E-state index contributed by atoms with van der Waals surface area (Å²) in [6.45, 7) is 5.15. The third-order valence-electron chi connectivity index (χ3n) is 5.37. The number of halogens is 3. The van der Waals surface area contributed by atoms with Crippen molar-refractivity contribution in [3.8, 4) is 0 Å². The molecule has 0 atom stereocenters. The van der Waals surface area contributed by atoms with Gasteiger partial charge in [-0.15, -0.1) is 0 Å². The lowest BCUT2D eigenvalue weighted by atomic mass is 10.0. The van der Waals surface area contributed by atoms with Gasteiger partial charge in [0.25, 0.3) is 5.91 Å². The van der Waals surface area contributed by atoms with E-state index in [1.165, 1.54) is 24.6 Å². The number of amides is 1. The maximum Gasteiger partial charge on any atom is 0.412 e. The van der Waals surface area contributed by atoms with Gasteiger partial charge in [-0.1, -0.05) is 30.9 Å². The number of aliphatic hydroxyl groups excluding tert-OH is 1. The van der Waals surface area contributed by atoms with Crippen molar-refractivity contribution < 1.29 is 23.1 Å². The minimum absolute atomic E-state index is 0.0183. The molecule has 174 valence electrons. The van der Waals surface area contributed by atoms with Crippen LogP contribution in [0, 0.1) is 0 Å². The van der Waals surface area contributed by atoms with Crippen LogP contribution in [0.4, 0.5) is 24.7 Å². The molecule has 0 bridgehead atoms. The molecule has 0 saturated carbocycles. The number of hydrogen-bond acceptors (Lipinski definition) is 5. The van der Waals surface area contributed by atoms with Crippen LogP contribution in [0.3, 0.4) is 0 Å². The Balaban J connectivity index is 1.91. The van der Waals surface area contributed by atoms with E-state index in [2.05, 4.69) is 21.9 Å². The molecule has 1 aliphatic rings. The average Bonchev–Trinajstić information content (AvgIpc) is 3.23. The molecule has 0 saturated heterocycles. The fourth-order valence-electron chi connectivity index (χ4n) is 3.66. The van der Waals surface area contributed by atoms with E-state index in [1.54, 1.807) is 18.2 Å². The van der Waals surface area contributed by atoms with Gasteiger partial charge in [-0.2, -0.15) is 13.2 Å². The molecule has 2 N–H and O–H groups in total. The Bertz CT molecular complexity index is 1090. The Labute approximate surface area is 190 Å². The topological polar surface area (TPSA) is 78.4 Å². The van der Waals surface area contributed by atoms with Gasteiger partial charge in [-0.25, -0.2) is 9.97 Å². The molecule has 0 unspecified atom stereocenters. The van der Waals surface area contributed by atoms with E-state index in [0.29, 0.717) is 30.0 Å². The number of nitrogens with zero attached hydrogens (tertiary/aromatic N) is 3. The van der Waals surface area contributed by atoms with Crippen molar-refractivity contribution in [2.45, 2.75) is 25.9 Å². The lowest BCUT2D eigenvalue weighted by Gasteiger charge is -2.19. The van der Waals surface area contributed by atoms with Crippen LogP contribution in [0.2, 0.25) is 0 Å². The number of allylic oxidation sites excluding steroid dienone is 5. The molecule has 2 aromatic rings. The molecule has 3 rings (SSSR count). The monoisotopic (exact) mass is 458 g/mol. The lowest BCUT2D eigenvalue weighted by Crippen LogP contribution is -2.27. The highest BCUT2D eigenvalue weighted by atomic mass is 19.4. The van der Waals surface area contributed by atoms with Crippen molar-refractivity contribution in [2.24, 2.45) is 0 Å². The summed E-state index contributed by atoms with van der Waals surface area (Å²) in [5.41, 5.74) is 2.04. The molecule has 1 amide bonds. The van der Waals surface area contributed by atoms with Crippen molar-refractivity contribution in [3.05, 3.63) is 83.4 Å². The first-order valence-corrected chi connectivity index (χ1v) is 10.4. The largest absolute Gasteiger partial charge is 0.412 e. The molecule has 0 fully saturated rings. The molecular weight excluding hydrogens is 433 g/mol. The van der Waals surface area contributed by atoms with Crippen LogP contribution in [-0.2, 0) is 12.8 Å². The Morgan fingerprint density at radius 2 is 2.12 bits per heavy atom. The highest BCUT2D eigenvalue weighted by Crippen LogP contribution is 2.36. The first-order valence-electron chi connectivity index (χ1n) is 10.4. The zero-order valence-electron chi connectivity index (χ0n) is 18.2. The number of carbonyl (C=O) groups excluding carboxylic acids is 1. The summed E-state index contributed by atoms with van der Waals surface area (Å²) < 4.78 is 39.9. The van der Waals surface area contributed by atoms with Gasteiger partial charge in [0.05, 0.1) is 12.3 Å². The van der Waals surface area contributed by atoms with Crippen molar-refractivity contribution in [1.82, 2.24) is 15.3 Å². The zero-order chi connectivity index (χ0) is 24.0. The number of benzene rings is 1. The Morgan fingerprint density at radius 3 is 2.82 bits per heavy atom. The van der Waals surface area contributed by atoms with E-state index in [-0.39, 0.29) is 31.1 Å². The smallest absolute Gasteiger partial charge is 0.395 e. The lowest BCUT2D eigenvalue weighted by molar-refractivity contribution is -0.0920. The first-order chi connectivity index (χ1) is 15.8. The summed E-state index contributed by atoms with van der Waals surface area (Å²) >= 11 is 0. The predicted octanol–water partition coefficient (Wildman–Crippen LogP) is 4.06. The number of rotatable bonds is 8. The second-order valence-electron chi connectivity index (χ2n) is 7.47. The van der Waals surface area contributed by atoms with Crippen molar-refractivity contribution in [3.63, 3.8) is 0 Å². The summed E-state index contributed by atoms with van der Waals surface area (Å²) in [6.07, 6.45) is 1.75. The molecule has 0 radical (unpaired) electrons. The average molecular weight is 458 g/mol. The van der Waals surface area contributed by atoms with Crippen molar-refractivity contribution in [2.75, 3.05) is 24.6 Å². The fourth-order valence-corrected chi connectivity index (χ4v) is 3.66. The molecule has 33 heavy (non-hydrogen) atoms. The molecule has 1 aromatic carbocycles. The van der Waals surface area contributed by atoms with Gasteiger partial charge >= 0.3 is 6.18 Å². The van der Waals surface area contributed by atoms with Crippen molar-refractivity contribution >= 4 is 17.4 Å². The standard InChI is InChI=1S/C24H25F3N4O2/c1-3-4-6-17(16(2)24(25,26)27)13-18-14-22(30-15-29-18)31-11-9-19-20(7-5-8-21(19)31)23(33)28-10-12-32/h3-8,14-15,32H,1,9-13H2,2H3,(H,28,33)/b6-4-,17-16-. The van der Waals surface area contributed by atoms with Crippen LogP contribution in [0.5, 0.6) is 0 Å². The number of aromatic nitrogens is 2. The summed E-state index contributed by atoms with van der Waals surface area (Å²) in [7, 11) is 0. The number of alkyl halides is 3. The number of anilines is 2. The highest BCUT2D eigenvalue weighted by Gasteiger charge is 2.32. The van der Waals surface area contributed by atoms with Gasteiger partial charge in [0.15, 0.2) is 0 Å². The molecule has 1 aromatic heterocycles. The van der Waals surface area contributed by atoms with Crippen LogP contribution in [0.25, 0.3) is 0 Å². The van der Waals surface area contributed by atoms with Crippen LogP contribution in [0.15, 0.2) is 66.5 Å². The third-order valence-corrected chi connectivity index (χ3v) is 5.37. The van der Waals surface area contributed by atoms with Gasteiger partial charge in [0.1, 0.15) is 12.1 Å². The molecule has 6 nitrogen and oxygen atoms in total. The molecular formula is C24H25F3N4O2. The van der Waals surface area contributed by atoms with Crippen LogP contribution in [0.1, 0.15) is 28.5 Å². The number of hydrogen-bond donors (Lipinski definition) is 2. The predicted molar refractivity (Wildman–Crippen MR) is 120 cm³/mol. The van der Waals surface area contributed by atoms with Gasteiger partial charge in [0, 0.05) is 42.4 Å². The SMILES string of the molecule is C=C/C=C\C(Cc1cc(N2CCc3c(C(=O)NCCO)cccc32)ncn1)=C(/C)C(F)(F)F. The van der Waals surface area contributed by atoms with E-state index in [0.717, 1.165) is 18.2 Å². The second-order valence-corrected chi connectivity index (χ2v) is 7.47. The summed E-state index contributed by atoms with van der Waals surface area (Å²) in [5.74, 6) is 0.279. The van der Waals surface area contributed by atoms with Gasteiger partial charge < -0.3 is 15.3 Å². The van der Waals surface area contributed by atoms with Gasteiger partial charge in [-0.05, 0) is 36.6 Å². The normalized spacial score (nSPS) is 14.3. The van der Waals surface area contributed by atoms with Gasteiger partial charge in [0.2, 0.25) is 0 Å². The quantitative estimate of drug-likeness (QED) is 0.584. The van der Waals surface area contributed by atoms with Crippen LogP contribution in [-0.4, -0.2) is 46.9 Å². The minimum Gasteiger partial charge on any atom is -0.395 e. The maximum atomic E-state index is 13.3. The van der Waals surface area contributed by atoms with E-state index >= 15 is 0 Å². The molecule has 2 heterocycles. The minimum atomic E-state index is -4.45. The Kier molecular flexibility index (Phi) is 7.65. The first kappa shape index (κ1) is 24.2. The number of fused-ring (bicyclic) bond motifs is 1. The second kappa shape index (κ2) is 10.4. The molecule has 0 aliphatic carbocycles. The highest BCUT2D eigenvalue weighted by molar-refractivity contribution is 5.98. The molecule has 9 heteroatoms. The molecule has 0 spiro atoms. The van der Waals surface area contributed by atoms with E-state index < -0.39 is 11.7 Å². The number of aliphatic hydroxyl groups is 1. The van der Waals surface area contributed by atoms with E-state index in [4.69, 9.17) is 5.11 Å². The summed E-state index contributed by atoms with van der Waals surface area (Å²) in [4.78, 5) is 22.8. The summed E-state index contributed by atoms with van der Waals surface area (Å²) in [5, 5.41) is 11.6. The van der Waals surface area contributed by atoms with Crippen molar-refractivity contribution in [1.29, 1.82) is 0 Å².